The maximum absolute atomic E-state index is 12.0. The second-order valence-electron chi connectivity index (χ2n) is 5.55. The lowest BCUT2D eigenvalue weighted by molar-refractivity contribution is 0.0696. The summed E-state index contributed by atoms with van der Waals surface area (Å²) in [7, 11) is 0. The molecule has 0 spiro atoms. The molecule has 0 aliphatic carbocycles. The second-order valence-corrected chi connectivity index (χ2v) is 5.55. The summed E-state index contributed by atoms with van der Waals surface area (Å²) in [6.07, 6.45) is 0.405. The minimum atomic E-state index is -0.981. The molecule has 0 saturated heterocycles. The number of Topliss-reactive ketones (excluding diaryl/α,β-unsaturated/α-hetero) is 1. The van der Waals surface area contributed by atoms with Crippen LogP contribution in [0.4, 0.5) is 5.82 Å². The minimum absolute atomic E-state index is 0.0199. The third-order valence-corrected chi connectivity index (χ3v) is 3.35. The number of aromatic carboxylic acids is 1. The first-order chi connectivity index (χ1) is 10.9. The van der Waals surface area contributed by atoms with Crippen LogP contribution in [-0.2, 0) is 0 Å². The number of hydrogen-bond acceptors (Lipinski definition) is 4. The van der Waals surface area contributed by atoms with Gasteiger partial charge in [-0.05, 0) is 38.1 Å². The average molecular weight is 312 g/mol. The Balaban J connectivity index is 2.50. The number of carbonyl (C=O) groups is 2. The van der Waals surface area contributed by atoms with Gasteiger partial charge in [-0.2, -0.15) is 0 Å². The fourth-order valence-electron chi connectivity index (χ4n) is 2.23. The molecule has 2 aromatic rings. The van der Waals surface area contributed by atoms with Crippen LogP contribution in [0.5, 0.6) is 0 Å². The highest BCUT2D eigenvalue weighted by Gasteiger charge is 2.14. The predicted molar refractivity (Wildman–Crippen MR) is 90.0 cm³/mol. The number of nitrogens with zero attached hydrogens (tertiary/aromatic N) is 1. The van der Waals surface area contributed by atoms with E-state index in [0.717, 1.165) is 0 Å². The first-order valence-electron chi connectivity index (χ1n) is 7.57. The van der Waals surface area contributed by atoms with Gasteiger partial charge in [-0.3, -0.25) is 4.79 Å². The topological polar surface area (TPSA) is 79.3 Å². The summed E-state index contributed by atoms with van der Waals surface area (Å²) in [6.45, 7) is 5.75. The van der Waals surface area contributed by atoms with Crippen molar-refractivity contribution in [1.29, 1.82) is 0 Å². The number of carboxylic acid groups (broad SMARTS) is 1. The van der Waals surface area contributed by atoms with E-state index in [1.165, 1.54) is 6.07 Å². The third kappa shape index (κ3) is 3.94. The van der Waals surface area contributed by atoms with Gasteiger partial charge in [-0.1, -0.05) is 19.1 Å². The lowest BCUT2D eigenvalue weighted by Gasteiger charge is -2.14. The molecular formula is C18H20N2O3. The fraction of sp³-hybridized carbons (Fsp3) is 0.278. The Kier molecular flexibility index (Phi) is 5.11. The van der Waals surface area contributed by atoms with Gasteiger partial charge in [0.1, 0.15) is 5.82 Å². The van der Waals surface area contributed by atoms with Crippen LogP contribution in [0.1, 0.15) is 47.9 Å². The van der Waals surface area contributed by atoms with E-state index in [-0.39, 0.29) is 17.4 Å². The Bertz CT molecular complexity index is 739. The molecule has 23 heavy (non-hydrogen) atoms. The van der Waals surface area contributed by atoms with E-state index in [0.29, 0.717) is 29.1 Å². The number of aromatic nitrogens is 1. The monoisotopic (exact) mass is 312 g/mol. The van der Waals surface area contributed by atoms with Gasteiger partial charge in [0.15, 0.2) is 5.78 Å². The zero-order chi connectivity index (χ0) is 17.0. The lowest BCUT2D eigenvalue weighted by Crippen LogP contribution is -2.15. The van der Waals surface area contributed by atoms with Crippen LogP contribution in [0.25, 0.3) is 11.3 Å². The molecule has 2 N–H and O–H groups in total. The summed E-state index contributed by atoms with van der Waals surface area (Å²) in [5.41, 5.74) is 2.09. The molecule has 5 heteroatoms. The Morgan fingerprint density at radius 3 is 2.57 bits per heavy atom. The Morgan fingerprint density at radius 2 is 1.96 bits per heavy atom. The molecule has 0 atom stereocenters. The van der Waals surface area contributed by atoms with Gasteiger partial charge in [0, 0.05) is 18.0 Å². The van der Waals surface area contributed by atoms with E-state index in [2.05, 4.69) is 10.3 Å². The predicted octanol–water partition coefficient (Wildman–Crippen LogP) is 3.86. The van der Waals surface area contributed by atoms with Gasteiger partial charge in [-0.15, -0.1) is 0 Å². The van der Waals surface area contributed by atoms with Crippen LogP contribution in [-0.4, -0.2) is 27.9 Å². The highest BCUT2D eigenvalue weighted by Crippen LogP contribution is 2.24. The van der Waals surface area contributed by atoms with Crippen LogP contribution in [0, 0.1) is 0 Å². The van der Waals surface area contributed by atoms with E-state index in [9.17, 15) is 9.59 Å². The van der Waals surface area contributed by atoms with E-state index >= 15 is 0 Å². The van der Waals surface area contributed by atoms with Crippen molar-refractivity contribution in [3.63, 3.8) is 0 Å². The normalized spacial score (nSPS) is 10.6. The maximum atomic E-state index is 12.0. The van der Waals surface area contributed by atoms with Crippen LogP contribution in [0.15, 0.2) is 36.4 Å². The Labute approximate surface area is 135 Å². The zero-order valence-corrected chi connectivity index (χ0v) is 13.5. The standard InChI is InChI=1S/C18H20N2O3/c1-4-16(21)14-8-9-15(20-17(14)19-11(2)3)12-6-5-7-13(10-12)18(22)23/h5-11H,4H2,1-3H3,(H,19,20)(H,22,23). The highest BCUT2D eigenvalue weighted by atomic mass is 16.4. The Hall–Kier alpha value is -2.69. The van der Waals surface area contributed by atoms with Gasteiger partial charge < -0.3 is 10.4 Å². The number of hydrogen-bond donors (Lipinski definition) is 2. The van der Waals surface area contributed by atoms with Crippen molar-refractivity contribution in [2.24, 2.45) is 0 Å². The van der Waals surface area contributed by atoms with Crippen LogP contribution < -0.4 is 5.32 Å². The maximum Gasteiger partial charge on any atom is 0.335 e. The fourth-order valence-corrected chi connectivity index (χ4v) is 2.23. The van der Waals surface area contributed by atoms with Crippen molar-refractivity contribution >= 4 is 17.6 Å². The molecule has 2 rings (SSSR count). The molecule has 0 radical (unpaired) electrons. The molecule has 1 heterocycles. The minimum Gasteiger partial charge on any atom is -0.478 e. The number of anilines is 1. The van der Waals surface area contributed by atoms with Crippen molar-refractivity contribution in [2.45, 2.75) is 33.2 Å². The van der Waals surface area contributed by atoms with Crippen molar-refractivity contribution in [3.05, 3.63) is 47.5 Å². The van der Waals surface area contributed by atoms with Crippen molar-refractivity contribution < 1.29 is 14.7 Å². The second kappa shape index (κ2) is 7.05. The number of benzene rings is 1. The highest BCUT2D eigenvalue weighted by molar-refractivity contribution is 6.00. The molecule has 0 amide bonds. The first-order valence-corrected chi connectivity index (χ1v) is 7.57. The van der Waals surface area contributed by atoms with Gasteiger partial charge in [0.05, 0.1) is 16.8 Å². The van der Waals surface area contributed by atoms with Gasteiger partial charge in [0.2, 0.25) is 0 Å². The molecule has 0 saturated carbocycles. The average Bonchev–Trinajstić information content (AvgIpc) is 2.53. The molecule has 0 aliphatic heterocycles. The largest absolute Gasteiger partial charge is 0.478 e. The lowest BCUT2D eigenvalue weighted by atomic mass is 10.0. The number of carboxylic acids is 1. The smallest absolute Gasteiger partial charge is 0.335 e. The van der Waals surface area contributed by atoms with Crippen LogP contribution in [0.2, 0.25) is 0 Å². The number of rotatable bonds is 6. The molecule has 0 aliphatic rings. The molecule has 5 nitrogen and oxygen atoms in total. The first kappa shape index (κ1) is 16.7. The molecule has 0 bridgehead atoms. The number of ketones is 1. The SMILES string of the molecule is CCC(=O)c1ccc(-c2cccc(C(=O)O)c2)nc1NC(C)C. The summed E-state index contributed by atoms with van der Waals surface area (Å²) in [6, 6.07) is 10.2. The third-order valence-electron chi connectivity index (χ3n) is 3.35. The molecule has 0 fully saturated rings. The van der Waals surface area contributed by atoms with E-state index in [4.69, 9.17) is 5.11 Å². The molecule has 1 aromatic carbocycles. The van der Waals surface area contributed by atoms with E-state index < -0.39 is 5.97 Å². The van der Waals surface area contributed by atoms with Crippen molar-refractivity contribution in [3.8, 4) is 11.3 Å². The van der Waals surface area contributed by atoms with Crippen LogP contribution in [0.3, 0.4) is 0 Å². The summed E-state index contributed by atoms with van der Waals surface area (Å²) in [4.78, 5) is 27.7. The molecule has 0 unspecified atom stereocenters. The zero-order valence-electron chi connectivity index (χ0n) is 13.5. The van der Waals surface area contributed by atoms with Crippen molar-refractivity contribution in [2.75, 3.05) is 5.32 Å². The number of carbonyl (C=O) groups excluding carboxylic acids is 1. The van der Waals surface area contributed by atoms with Gasteiger partial charge >= 0.3 is 5.97 Å². The van der Waals surface area contributed by atoms with E-state index in [1.807, 2.05) is 20.8 Å². The summed E-state index contributed by atoms with van der Waals surface area (Å²) >= 11 is 0. The van der Waals surface area contributed by atoms with Crippen LogP contribution >= 0.6 is 0 Å². The molecule has 120 valence electrons. The summed E-state index contributed by atoms with van der Waals surface area (Å²) in [5.74, 6) is -0.429. The number of nitrogens with one attached hydrogen (secondary N) is 1. The summed E-state index contributed by atoms with van der Waals surface area (Å²) in [5, 5.41) is 12.3. The number of pyridine rings is 1. The van der Waals surface area contributed by atoms with E-state index in [1.54, 1.807) is 30.3 Å². The summed E-state index contributed by atoms with van der Waals surface area (Å²) < 4.78 is 0. The van der Waals surface area contributed by atoms with Crippen molar-refractivity contribution in [1.82, 2.24) is 4.98 Å². The quantitative estimate of drug-likeness (QED) is 0.792. The molecular weight excluding hydrogens is 292 g/mol. The molecule has 1 aromatic heterocycles. The van der Waals surface area contributed by atoms with Gasteiger partial charge in [-0.25, -0.2) is 9.78 Å². The Morgan fingerprint density at radius 1 is 1.22 bits per heavy atom. The van der Waals surface area contributed by atoms with Gasteiger partial charge in [0.25, 0.3) is 0 Å².